The zero-order valence-electron chi connectivity index (χ0n) is 15.5. The van der Waals surface area contributed by atoms with Crippen molar-refractivity contribution in [2.75, 3.05) is 5.32 Å². The summed E-state index contributed by atoms with van der Waals surface area (Å²) in [6.07, 6.45) is 5.52. The van der Waals surface area contributed by atoms with Crippen LogP contribution >= 0.6 is 0 Å². The number of nitrogens with zero attached hydrogens (tertiary/aromatic N) is 3. The molecule has 0 saturated heterocycles. The molecule has 28 heavy (non-hydrogen) atoms. The van der Waals surface area contributed by atoms with Gasteiger partial charge < -0.3 is 10.3 Å². The third-order valence-electron chi connectivity index (χ3n) is 4.68. The van der Waals surface area contributed by atoms with Gasteiger partial charge in [-0.2, -0.15) is 8.78 Å². The van der Waals surface area contributed by atoms with Gasteiger partial charge in [0.25, 0.3) is 0 Å². The molecule has 1 atom stereocenters. The Morgan fingerprint density at radius 1 is 1.07 bits per heavy atom. The number of hydrogen-bond donors (Lipinski definition) is 2. The molecule has 2 N–H and O–H groups in total. The fourth-order valence-corrected chi connectivity index (χ4v) is 3.14. The van der Waals surface area contributed by atoms with Gasteiger partial charge in [0, 0.05) is 36.0 Å². The summed E-state index contributed by atoms with van der Waals surface area (Å²) in [6, 6.07) is 8.24. The van der Waals surface area contributed by atoms with Gasteiger partial charge in [0.2, 0.25) is 11.9 Å². The third kappa shape index (κ3) is 3.69. The highest BCUT2D eigenvalue weighted by molar-refractivity contribution is 5.80. The van der Waals surface area contributed by atoms with Crippen LogP contribution in [0.3, 0.4) is 0 Å². The van der Waals surface area contributed by atoms with Gasteiger partial charge in [0.1, 0.15) is 11.5 Å². The molecule has 0 aliphatic rings. The number of aryl methyl sites for hydroxylation is 1. The van der Waals surface area contributed by atoms with Crippen molar-refractivity contribution in [2.45, 2.75) is 26.3 Å². The molecule has 4 aromatic heterocycles. The minimum absolute atomic E-state index is 0.187. The lowest BCUT2D eigenvalue weighted by Gasteiger charge is -2.15. The van der Waals surface area contributed by atoms with Crippen molar-refractivity contribution in [1.29, 1.82) is 0 Å². The van der Waals surface area contributed by atoms with E-state index < -0.39 is 11.9 Å². The van der Waals surface area contributed by atoms with Crippen LogP contribution in [0.15, 0.2) is 48.9 Å². The van der Waals surface area contributed by atoms with Crippen molar-refractivity contribution in [3.05, 3.63) is 83.1 Å². The number of anilines is 1. The van der Waals surface area contributed by atoms with E-state index in [-0.39, 0.29) is 6.04 Å². The fraction of sp³-hybridized carbons (Fsp3) is 0.190. The molecule has 0 aromatic carbocycles. The van der Waals surface area contributed by atoms with Crippen LogP contribution in [0, 0.1) is 18.8 Å². The van der Waals surface area contributed by atoms with Gasteiger partial charge in [-0.15, -0.1) is 0 Å². The molecule has 7 heteroatoms. The summed E-state index contributed by atoms with van der Waals surface area (Å²) in [7, 11) is 0. The van der Waals surface area contributed by atoms with E-state index in [9.17, 15) is 8.78 Å². The number of fused-ring (bicyclic) bond motifs is 1. The van der Waals surface area contributed by atoms with Crippen LogP contribution in [0.4, 0.5) is 14.6 Å². The number of rotatable bonds is 5. The standard InChI is InChI=1S/C21H19F2N5/c1-12-7-17-16(11-26-21(17)25-9-12)8-14-4-6-19(28-20(14)23)27-13(2)15-3-5-18(22)24-10-15/h3-7,9-11,13H,8H2,1-2H3,(H,25,26)(H,27,28)/t13-/m0/s1. The van der Waals surface area contributed by atoms with Crippen molar-refractivity contribution in [3.63, 3.8) is 0 Å². The minimum Gasteiger partial charge on any atom is -0.363 e. The number of nitrogens with one attached hydrogen (secondary N) is 2. The Hall–Kier alpha value is -3.35. The van der Waals surface area contributed by atoms with E-state index in [1.165, 1.54) is 12.3 Å². The number of pyridine rings is 3. The molecule has 0 saturated carbocycles. The number of H-pyrrole nitrogens is 1. The van der Waals surface area contributed by atoms with Gasteiger partial charge >= 0.3 is 0 Å². The van der Waals surface area contributed by atoms with Crippen LogP contribution < -0.4 is 5.32 Å². The molecule has 4 aromatic rings. The Kier molecular flexibility index (Phi) is 4.73. The Labute approximate surface area is 160 Å². The lowest BCUT2D eigenvalue weighted by atomic mass is 10.1. The highest BCUT2D eigenvalue weighted by atomic mass is 19.1. The van der Waals surface area contributed by atoms with Crippen LogP contribution in [-0.4, -0.2) is 19.9 Å². The number of aromatic nitrogens is 4. The maximum Gasteiger partial charge on any atom is 0.218 e. The molecule has 0 bridgehead atoms. The van der Waals surface area contributed by atoms with Crippen molar-refractivity contribution in [2.24, 2.45) is 0 Å². The summed E-state index contributed by atoms with van der Waals surface area (Å²) >= 11 is 0. The van der Waals surface area contributed by atoms with E-state index in [4.69, 9.17) is 0 Å². The van der Waals surface area contributed by atoms with E-state index in [1.54, 1.807) is 24.4 Å². The normalized spacial score (nSPS) is 12.3. The Morgan fingerprint density at radius 2 is 1.93 bits per heavy atom. The first-order valence-corrected chi connectivity index (χ1v) is 8.95. The molecule has 142 valence electrons. The molecule has 4 rings (SSSR count). The van der Waals surface area contributed by atoms with Crippen molar-refractivity contribution >= 4 is 16.9 Å². The summed E-state index contributed by atoms with van der Waals surface area (Å²) < 4.78 is 27.5. The molecule has 4 heterocycles. The SMILES string of the molecule is Cc1cnc2[nH]cc(Cc3ccc(N[C@@H](C)c4ccc(F)nc4)nc3F)c2c1. The monoisotopic (exact) mass is 379 g/mol. The molecule has 0 fully saturated rings. The van der Waals surface area contributed by atoms with Gasteiger partial charge in [-0.3, -0.25) is 0 Å². The second-order valence-electron chi connectivity index (χ2n) is 6.83. The topological polar surface area (TPSA) is 66.5 Å². The van der Waals surface area contributed by atoms with Crippen molar-refractivity contribution in [3.8, 4) is 0 Å². The third-order valence-corrected chi connectivity index (χ3v) is 4.68. The summed E-state index contributed by atoms with van der Waals surface area (Å²) in [4.78, 5) is 15.1. The van der Waals surface area contributed by atoms with E-state index in [2.05, 4.69) is 25.3 Å². The first-order valence-electron chi connectivity index (χ1n) is 8.95. The quantitative estimate of drug-likeness (QED) is 0.493. The Morgan fingerprint density at radius 3 is 2.68 bits per heavy atom. The first-order chi connectivity index (χ1) is 13.5. The van der Waals surface area contributed by atoms with Gasteiger partial charge in [0.05, 0.1) is 6.04 Å². The summed E-state index contributed by atoms with van der Waals surface area (Å²) in [5, 5.41) is 4.10. The zero-order chi connectivity index (χ0) is 19.7. The van der Waals surface area contributed by atoms with Crippen LogP contribution in [0.2, 0.25) is 0 Å². The van der Waals surface area contributed by atoms with Crippen molar-refractivity contribution in [1.82, 2.24) is 19.9 Å². The van der Waals surface area contributed by atoms with E-state index >= 15 is 0 Å². The average molecular weight is 379 g/mol. The summed E-state index contributed by atoms with van der Waals surface area (Å²) in [5.74, 6) is -0.647. The summed E-state index contributed by atoms with van der Waals surface area (Å²) in [6.45, 7) is 3.85. The largest absolute Gasteiger partial charge is 0.363 e. The molecular formula is C21H19F2N5. The number of hydrogen-bond acceptors (Lipinski definition) is 4. The molecular weight excluding hydrogens is 360 g/mol. The average Bonchev–Trinajstić information content (AvgIpc) is 3.06. The molecule has 0 radical (unpaired) electrons. The minimum atomic E-state index is -0.535. The van der Waals surface area contributed by atoms with E-state index in [0.717, 1.165) is 27.7 Å². The van der Waals surface area contributed by atoms with E-state index in [0.29, 0.717) is 17.8 Å². The zero-order valence-corrected chi connectivity index (χ0v) is 15.5. The number of halogens is 2. The predicted octanol–water partition coefficient (Wildman–Crippen LogP) is 4.70. The van der Waals surface area contributed by atoms with Gasteiger partial charge in [0.15, 0.2) is 0 Å². The smallest absolute Gasteiger partial charge is 0.218 e. The molecule has 0 unspecified atom stereocenters. The highest BCUT2D eigenvalue weighted by Gasteiger charge is 2.12. The summed E-state index contributed by atoms with van der Waals surface area (Å²) in [5.41, 5.74) is 4.10. The lowest BCUT2D eigenvalue weighted by molar-refractivity contribution is 0.570. The van der Waals surface area contributed by atoms with Crippen LogP contribution in [0.1, 0.15) is 35.2 Å². The lowest BCUT2D eigenvalue weighted by Crippen LogP contribution is -2.09. The number of aromatic amines is 1. The highest BCUT2D eigenvalue weighted by Crippen LogP contribution is 2.23. The maximum absolute atomic E-state index is 14.6. The molecule has 0 spiro atoms. The predicted molar refractivity (Wildman–Crippen MR) is 104 cm³/mol. The molecule has 0 aliphatic carbocycles. The Bertz CT molecular complexity index is 1120. The Balaban J connectivity index is 1.52. The van der Waals surface area contributed by atoms with Crippen LogP contribution in [0.5, 0.6) is 0 Å². The van der Waals surface area contributed by atoms with E-state index in [1.807, 2.05) is 26.1 Å². The van der Waals surface area contributed by atoms with Crippen molar-refractivity contribution < 1.29 is 8.78 Å². The fourth-order valence-electron chi connectivity index (χ4n) is 3.14. The second-order valence-corrected chi connectivity index (χ2v) is 6.83. The van der Waals surface area contributed by atoms with Gasteiger partial charge in [-0.1, -0.05) is 12.1 Å². The molecule has 5 nitrogen and oxygen atoms in total. The van der Waals surface area contributed by atoms with Crippen LogP contribution in [-0.2, 0) is 6.42 Å². The first kappa shape index (κ1) is 18.0. The van der Waals surface area contributed by atoms with Gasteiger partial charge in [-0.05, 0) is 48.7 Å². The van der Waals surface area contributed by atoms with Gasteiger partial charge in [-0.25, -0.2) is 15.0 Å². The second kappa shape index (κ2) is 7.34. The molecule has 0 amide bonds. The maximum atomic E-state index is 14.6. The van der Waals surface area contributed by atoms with Crippen LogP contribution in [0.25, 0.3) is 11.0 Å². The molecule has 0 aliphatic heterocycles.